The number of allylic oxidation sites excluding steroid dienone is 2. The molecule has 1 atom stereocenters. The second kappa shape index (κ2) is 10.6. The van der Waals surface area contributed by atoms with E-state index in [1.54, 1.807) is 0 Å². The van der Waals surface area contributed by atoms with Crippen LogP contribution in [0.25, 0.3) is 28.3 Å². The van der Waals surface area contributed by atoms with Gasteiger partial charge in [-0.3, -0.25) is 0 Å². The van der Waals surface area contributed by atoms with Gasteiger partial charge in [-0.25, -0.2) is 0 Å². The molecule has 0 radical (unpaired) electrons. The van der Waals surface area contributed by atoms with E-state index in [1.807, 2.05) is 0 Å². The maximum Gasteiger partial charge on any atom is 0.0290 e. The van der Waals surface area contributed by atoms with Crippen LogP contribution in [0.4, 0.5) is 0 Å². The quantitative estimate of drug-likeness (QED) is 0.194. The number of rotatable bonds is 3. The molecule has 7 rings (SSSR count). The van der Waals surface area contributed by atoms with Crippen LogP contribution in [0.15, 0.2) is 109 Å². The summed E-state index contributed by atoms with van der Waals surface area (Å²) in [6.45, 7) is 18.6. The van der Waals surface area contributed by atoms with Gasteiger partial charge < -0.3 is 0 Å². The highest BCUT2D eigenvalue weighted by atomic mass is 14.4. The standard InChI is InChI=1S/C45H44/c1-28-19-21-34-29(2)24-38(36(34)23-28)42-39-26-32-25-33(44(3,4)5)20-22-35(32)37(39)27-40(43(42)45(6,7)8)41(30-15-11-9-12-16-30)31-17-13-10-14-18-31/h9-27,38H,1-8H3. The van der Waals surface area contributed by atoms with Crippen molar-refractivity contribution in [3.63, 3.8) is 0 Å². The zero-order valence-electron chi connectivity index (χ0n) is 28.0. The van der Waals surface area contributed by atoms with Gasteiger partial charge in [-0.1, -0.05) is 150 Å². The van der Waals surface area contributed by atoms with E-state index in [0.717, 1.165) is 0 Å². The molecule has 0 heteroatoms. The molecule has 2 aliphatic carbocycles. The van der Waals surface area contributed by atoms with Crippen molar-refractivity contribution >= 4 is 17.2 Å². The number of aryl methyl sites for hydroxylation is 1. The molecule has 0 nitrogen and oxygen atoms in total. The smallest absolute Gasteiger partial charge is 0.0290 e. The Labute approximate surface area is 269 Å². The van der Waals surface area contributed by atoms with Gasteiger partial charge in [0.1, 0.15) is 0 Å². The second-order valence-electron chi connectivity index (χ2n) is 15.1. The van der Waals surface area contributed by atoms with Crippen LogP contribution >= 0.6 is 0 Å². The van der Waals surface area contributed by atoms with E-state index in [9.17, 15) is 0 Å². The SMILES string of the molecule is CC1=CC(c2c(C(C)(C)C)c(=C(c3ccccc3)c3ccccc3)cc3c2=Cc2cc(C(C)(C)C)ccc2-3)c2cc(C)ccc21. The van der Waals surface area contributed by atoms with Crippen molar-refractivity contribution in [1.82, 2.24) is 0 Å². The van der Waals surface area contributed by atoms with Crippen LogP contribution in [0.5, 0.6) is 0 Å². The van der Waals surface area contributed by atoms with Crippen LogP contribution in [0.3, 0.4) is 0 Å². The fourth-order valence-electron chi connectivity index (χ4n) is 7.63. The molecule has 5 aromatic carbocycles. The summed E-state index contributed by atoms with van der Waals surface area (Å²) < 4.78 is 0. The average Bonchev–Trinajstić information content (AvgIpc) is 3.53. The summed E-state index contributed by atoms with van der Waals surface area (Å²) in [6, 6.07) is 38.7. The van der Waals surface area contributed by atoms with Gasteiger partial charge >= 0.3 is 0 Å². The largest absolute Gasteiger partial charge is 0.0690 e. The van der Waals surface area contributed by atoms with E-state index >= 15 is 0 Å². The van der Waals surface area contributed by atoms with E-state index in [2.05, 4.69) is 171 Å². The molecule has 1 unspecified atom stereocenters. The van der Waals surface area contributed by atoms with Crippen LogP contribution in [0, 0.1) is 6.92 Å². The number of fused-ring (bicyclic) bond motifs is 4. The molecule has 45 heavy (non-hydrogen) atoms. The average molecular weight is 585 g/mol. The zero-order valence-corrected chi connectivity index (χ0v) is 28.0. The monoisotopic (exact) mass is 584 g/mol. The van der Waals surface area contributed by atoms with Crippen LogP contribution in [0.1, 0.15) is 104 Å². The fourth-order valence-corrected chi connectivity index (χ4v) is 7.63. The van der Waals surface area contributed by atoms with Crippen molar-refractivity contribution in [2.24, 2.45) is 0 Å². The third-order valence-corrected chi connectivity index (χ3v) is 9.75. The lowest BCUT2D eigenvalue weighted by atomic mass is 9.74. The van der Waals surface area contributed by atoms with Crippen LogP contribution in [-0.4, -0.2) is 0 Å². The van der Waals surface area contributed by atoms with Gasteiger partial charge in [0.15, 0.2) is 0 Å². The minimum absolute atomic E-state index is 0.0888. The molecule has 0 spiro atoms. The lowest BCUT2D eigenvalue weighted by molar-refractivity contribution is 0.576. The van der Waals surface area contributed by atoms with E-state index in [-0.39, 0.29) is 16.7 Å². The summed E-state index contributed by atoms with van der Waals surface area (Å²) in [5.74, 6) is 0.184. The molecule has 0 aliphatic heterocycles. The predicted octanol–water partition coefficient (Wildman–Crippen LogP) is 10.2. The molecular weight excluding hydrogens is 540 g/mol. The summed E-state index contributed by atoms with van der Waals surface area (Å²) in [6.07, 6.45) is 5.02. The van der Waals surface area contributed by atoms with Crippen molar-refractivity contribution in [2.45, 2.75) is 72.1 Å². The first kappa shape index (κ1) is 29.3. The Morgan fingerprint density at radius 2 is 1.22 bits per heavy atom. The maximum absolute atomic E-state index is 2.53. The molecule has 0 heterocycles. The van der Waals surface area contributed by atoms with Gasteiger partial charge in [0.05, 0.1) is 0 Å². The highest BCUT2D eigenvalue weighted by molar-refractivity contribution is 5.88. The Hall–Kier alpha value is -4.42. The number of hydrogen-bond acceptors (Lipinski definition) is 0. The molecule has 0 amide bonds. The molecule has 0 bridgehead atoms. The molecule has 224 valence electrons. The summed E-state index contributed by atoms with van der Waals surface area (Å²) >= 11 is 0. The van der Waals surface area contributed by atoms with Gasteiger partial charge in [0.2, 0.25) is 0 Å². The highest BCUT2D eigenvalue weighted by Gasteiger charge is 2.33. The Morgan fingerprint density at radius 1 is 0.600 bits per heavy atom. The van der Waals surface area contributed by atoms with Crippen molar-refractivity contribution in [1.29, 1.82) is 0 Å². The van der Waals surface area contributed by atoms with E-state index in [4.69, 9.17) is 0 Å². The summed E-state index contributed by atoms with van der Waals surface area (Å²) in [5.41, 5.74) is 17.6. The van der Waals surface area contributed by atoms with Gasteiger partial charge in [-0.2, -0.15) is 0 Å². The molecule has 0 N–H and O–H groups in total. The van der Waals surface area contributed by atoms with Crippen LogP contribution in [-0.2, 0) is 10.8 Å². The third-order valence-electron chi connectivity index (χ3n) is 9.75. The molecule has 5 aromatic rings. The second-order valence-corrected chi connectivity index (χ2v) is 15.1. The summed E-state index contributed by atoms with van der Waals surface area (Å²) in [7, 11) is 0. The first-order chi connectivity index (χ1) is 21.4. The Kier molecular flexibility index (Phi) is 6.90. The first-order valence-corrected chi connectivity index (χ1v) is 16.4. The van der Waals surface area contributed by atoms with Gasteiger partial charge in [-0.15, -0.1) is 0 Å². The molecule has 0 saturated heterocycles. The molecule has 0 fully saturated rings. The minimum atomic E-state index is -0.109. The lowest BCUT2D eigenvalue weighted by Crippen LogP contribution is -2.34. The Balaban J connectivity index is 1.70. The fraction of sp³-hybridized carbons (Fsp3) is 0.244. The lowest BCUT2D eigenvalue weighted by Gasteiger charge is -2.29. The van der Waals surface area contributed by atoms with Crippen LogP contribution in [0.2, 0.25) is 0 Å². The Bertz CT molecular complexity index is 2070. The van der Waals surface area contributed by atoms with Crippen molar-refractivity contribution in [3.8, 4) is 11.1 Å². The summed E-state index contributed by atoms with van der Waals surface area (Å²) in [5, 5.41) is 2.72. The van der Waals surface area contributed by atoms with Crippen molar-refractivity contribution < 1.29 is 0 Å². The Morgan fingerprint density at radius 3 is 1.82 bits per heavy atom. The maximum atomic E-state index is 2.53. The van der Waals surface area contributed by atoms with Crippen molar-refractivity contribution in [3.05, 3.63) is 170 Å². The first-order valence-electron chi connectivity index (χ1n) is 16.4. The molecule has 2 aliphatic rings. The third kappa shape index (κ3) is 5.01. The van der Waals surface area contributed by atoms with Gasteiger partial charge in [0.25, 0.3) is 0 Å². The van der Waals surface area contributed by atoms with E-state index in [1.165, 1.54) is 82.8 Å². The highest BCUT2D eigenvalue weighted by Crippen LogP contribution is 2.44. The normalized spacial score (nSPS) is 15.2. The number of hydrogen-bond donors (Lipinski definition) is 0. The summed E-state index contributed by atoms with van der Waals surface area (Å²) in [4.78, 5) is 0. The molecule has 0 aromatic heterocycles. The van der Waals surface area contributed by atoms with Crippen molar-refractivity contribution in [2.75, 3.05) is 0 Å². The predicted molar refractivity (Wildman–Crippen MR) is 193 cm³/mol. The van der Waals surface area contributed by atoms with Gasteiger partial charge in [-0.05, 0) is 114 Å². The number of benzene rings is 5. The minimum Gasteiger partial charge on any atom is -0.0690 e. The van der Waals surface area contributed by atoms with E-state index < -0.39 is 0 Å². The zero-order chi connectivity index (χ0) is 31.7. The van der Waals surface area contributed by atoms with Gasteiger partial charge in [0, 0.05) is 5.92 Å². The van der Waals surface area contributed by atoms with Crippen LogP contribution < -0.4 is 10.4 Å². The molecule has 0 saturated carbocycles. The topological polar surface area (TPSA) is 0 Å². The molecular formula is C45H44. The van der Waals surface area contributed by atoms with E-state index in [0.29, 0.717) is 0 Å².